The molecule has 3 heterocycles. The zero-order valence-corrected chi connectivity index (χ0v) is 18.2. The molecule has 0 saturated carbocycles. The van der Waals surface area contributed by atoms with Gasteiger partial charge in [0.15, 0.2) is 0 Å². The lowest BCUT2D eigenvalue weighted by atomic mass is 9.96. The number of carbonyl (C=O) groups excluding carboxylic acids is 1. The molecule has 170 valence electrons. The summed E-state index contributed by atoms with van der Waals surface area (Å²) in [5.74, 6) is 0.765. The number of rotatable bonds is 5. The molecule has 2 aliphatic rings. The van der Waals surface area contributed by atoms with Gasteiger partial charge in [-0.1, -0.05) is 0 Å². The summed E-state index contributed by atoms with van der Waals surface area (Å²) in [7, 11) is 0. The van der Waals surface area contributed by atoms with Crippen LogP contribution >= 0.6 is 0 Å². The van der Waals surface area contributed by atoms with E-state index in [1.54, 1.807) is 11.1 Å². The van der Waals surface area contributed by atoms with E-state index in [9.17, 15) is 18.0 Å². The van der Waals surface area contributed by atoms with Crippen molar-refractivity contribution in [2.24, 2.45) is 0 Å². The molecular formula is C21H33F3N4O2. The van der Waals surface area contributed by atoms with E-state index in [-0.39, 0.29) is 17.7 Å². The lowest BCUT2D eigenvalue weighted by molar-refractivity contribution is -0.127. The normalized spacial score (nSPS) is 19.5. The summed E-state index contributed by atoms with van der Waals surface area (Å²) in [6.45, 7) is 10.1. The van der Waals surface area contributed by atoms with Crippen molar-refractivity contribution < 1.29 is 22.7 Å². The van der Waals surface area contributed by atoms with E-state index in [0.717, 1.165) is 25.5 Å². The summed E-state index contributed by atoms with van der Waals surface area (Å²) in [6, 6.07) is 0. The number of likely N-dealkylation sites (tertiary alicyclic amines) is 2. The van der Waals surface area contributed by atoms with Crippen molar-refractivity contribution in [2.75, 3.05) is 32.7 Å². The van der Waals surface area contributed by atoms with E-state index in [1.807, 2.05) is 25.3 Å². The molecule has 0 aliphatic carbocycles. The standard InChI is InChI=1S/C21H33F3N4O2/c1-20(2,3)30-19(29)27-10-6-16(7-11-27)18-25-17(14-21(22,23)24)15-28(18)13-12-26-8-4-5-9-26/h15-16H,4-14H2,1-3H3. The van der Waals surface area contributed by atoms with Gasteiger partial charge in [0.2, 0.25) is 0 Å². The van der Waals surface area contributed by atoms with Gasteiger partial charge in [-0.25, -0.2) is 9.78 Å². The van der Waals surface area contributed by atoms with Crippen molar-refractivity contribution in [2.45, 2.75) is 77.1 Å². The molecule has 0 radical (unpaired) electrons. The minimum atomic E-state index is -4.27. The Morgan fingerprint density at radius 1 is 1.10 bits per heavy atom. The second kappa shape index (κ2) is 9.16. The van der Waals surface area contributed by atoms with E-state index in [4.69, 9.17) is 4.74 Å². The number of aromatic nitrogens is 2. The van der Waals surface area contributed by atoms with Gasteiger partial charge in [-0.05, 0) is 59.5 Å². The zero-order valence-electron chi connectivity index (χ0n) is 18.2. The third kappa shape index (κ3) is 6.62. The first kappa shape index (κ1) is 22.9. The van der Waals surface area contributed by atoms with Crippen molar-refractivity contribution in [1.29, 1.82) is 0 Å². The van der Waals surface area contributed by atoms with E-state index in [2.05, 4.69) is 9.88 Å². The summed E-state index contributed by atoms with van der Waals surface area (Å²) in [5.41, 5.74) is -0.472. The fourth-order valence-electron chi connectivity index (χ4n) is 4.18. The molecule has 2 aliphatic heterocycles. The molecule has 0 bridgehead atoms. The zero-order chi connectivity index (χ0) is 21.9. The van der Waals surface area contributed by atoms with Gasteiger partial charge in [-0.3, -0.25) is 0 Å². The fraction of sp³-hybridized carbons (Fsp3) is 0.810. The molecule has 0 spiro atoms. The number of amides is 1. The second-order valence-electron chi connectivity index (χ2n) is 9.37. The third-order valence-corrected chi connectivity index (χ3v) is 5.61. The Morgan fingerprint density at radius 3 is 2.30 bits per heavy atom. The first-order chi connectivity index (χ1) is 14.0. The number of imidazole rings is 1. The summed E-state index contributed by atoms with van der Waals surface area (Å²) in [4.78, 5) is 20.7. The van der Waals surface area contributed by atoms with Crippen LogP contribution in [0.5, 0.6) is 0 Å². The smallest absolute Gasteiger partial charge is 0.410 e. The number of hydrogen-bond donors (Lipinski definition) is 0. The van der Waals surface area contributed by atoms with Crippen molar-refractivity contribution in [3.05, 3.63) is 17.7 Å². The van der Waals surface area contributed by atoms with Gasteiger partial charge in [-0.2, -0.15) is 13.2 Å². The minimum absolute atomic E-state index is 0.0456. The van der Waals surface area contributed by atoms with Crippen LogP contribution in [-0.4, -0.2) is 69.9 Å². The van der Waals surface area contributed by atoms with E-state index in [1.165, 1.54) is 12.8 Å². The van der Waals surface area contributed by atoms with Crippen LogP contribution in [0.25, 0.3) is 0 Å². The number of nitrogens with zero attached hydrogens (tertiary/aromatic N) is 4. The monoisotopic (exact) mass is 430 g/mol. The Balaban J connectivity index is 1.66. The van der Waals surface area contributed by atoms with Gasteiger partial charge in [0.05, 0.1) is 12.1 Å². The van der Waals surface area contributed by atoms with Gasteiger partial charge in [0, 0.05) is 38.3 Å². The van der Waals surface area contributed by atoms with Gasteiger partial charge in [0.25, 0.3) is 0 Å². The molecule has 2 saturated heterocycles. The first-order valence-electron chi connectivity index (χ1n) is 10.8. The molecule has 1 aromatic heterocycles. The Kier molecular flexibility index (Phi) is 6.99. The largest absolute Gasteiger partial charge is 0.444 e. The fourth-order valence-corrected chi connectivity index (χ4v) is 4.18. The molecule has 1 aromatic rings. The maximum absolute atomic E-state index is 12.9. The molecule has 0 N–H and O–H groups in total. The number of piperidine rings is 1. The molecule has 1 amide bonds. The number of halogens is 3. The lowest BCUT2D eigenvalue weighted by Crippen LogP contribution is -2.41. The minimum Gasteiger partial charge on any atom is -0.444 e. The maximum atomic E-state index is 12.9. The molecule has 0 unspecified atom stereocenters. The van der Waals surface area contributed by atoms with Crippen molar-refractivity contribution in [1.82, 2.24) is 19.4 Å². The van der Waals surface area contributed by atoms with Crippen LogP contribution in [0.4, 0.5) is 18.0 Å². The highest BCUT2D eigenvalue weighted by Gasteiger charge is 2.33. The average molecular weight is 431 g/mol. The molecule has 9 heteroatoms. The molecular weight excluding hydrogens is 397 g/mol. The van der Waals surface area contributed by atoms with E-state index >= 15 is 0 Å². The number of alkyl halides is 3. The Hall–Kier alpha value is -1.77. The van der Waals surface area contributed by atoms with Gasteiger partial charge >= 0.3 is 12.3 Å². The Morgan fingerprint density at radius 2 is 1.73 bits per heavy atom. The summed E-state index contributed by atoms with van der Waals surface area (Å²) in [5, 5.41) is 0. The van der Waals surface area contributed by atoms with Crippen molar-refractivity contribution in [3.63, 3.8) is 0 Å². The van der Waals surface area contributed by atoms with Crippen LogP contribution < -0.4 is 0 Å². The van der Waals surface area contributed by atoms with Crippen LogP contribution in [0, 0.1) is 0 Å². The predicted molar refractivity (Wildman–Crippen MR) is 107 cm³/mol. The highest BCUT2D eigenvalue weighted by Crippen LogP contribution is 2.30. The summed E-state index contributed by atoms with van der Waals surface area (Å²) >= 11 is 0. The number of hydrogen-bond acceptors (Lipinski definition) is 4. The number of carbonyl (C=O) groups is 1. The van der Waals surface area contributed by atoms with Crippen LogP contribution in [0.1, 0.15) is 63.9 Å². The van der Waals surface area contributed by atoms with Gasteiger partial charge in [-0.15, -0.1) is 0 Å². The maximum Gasteiger partial charge on any atom is 0.410 e. The van der Waals surface area contributed by atoms with E-state index < -0.39 is 18.2 Å². The molecule has 6 nitrogen and oxygen atoms in total. The van der Waals surface area contributed by atoms with Crippen molar-refractivity contribution >= 4 is 6.09 Å². The number of ether oxygens (including phenoxy) is 1. The van der Waals surface area contributed by atoms with Gasteiger partial charge < -0.3 is 19.1 Å². The van der Waals surface area contributed by atoms with E-state index in [0.29, 0.717) is 32.5 Å². The molecule has 0 aromatic carbocycles. The molecule has 3 rings (SSSR count). The Labute approximate surface area is 176 Å². The van der Waals surface area contributed by atoms with Crippen LogP contribution in [0.15, 0.2) is 6.20 Å². The summed E-state index contributed by atoms with van der Waals surface area (Å²) < 4.78 is 46.1. The third-order valence-electron chi connectivity index (χ3n) is 5.61. The molecule has 0 atom stereocenters. The van der Waals surface area contributed by atoms with Crippen LogP contribution in [0.2, 0.25) is 0 Å². The SMILES string of the molecule is CC(C)(C)OC(=O)N1CCC(c2nc(CC(F)(F)F)cn2CCN2CCCC2)CC1. The predicted octanol–water partition coefficient (Wildman–Crippen LogP) is 4.20. The first-order valence-corrected chi connectivity index (χ1v) is 10.8. The van der Waals surface area contributed by atoms with Crippen LogP contribution in [-0.2, 0) is 17.7 Å². The quantitative estimate of drug-likeness (QED) is 0.703. The average Bonchev–Trinajstić information content (AvgIpc) is 3.27. The topological polar surface area (TPSA) is 50.6 Å². The molecule has 30 heavy (non-hydrogen) atoms. The second-order valence-corrected chi connectivity index (χ2v) is 9.37. The Bertz CT molecular complexity index is 713. The van der Waals surface area contributed by atoms with Crippen LogP contribution in [0.3, 0.4) is 0 Å². The summed E-state index contributed by atoms with van der Waals surface area (Å²) in [6.07, 6.45) is -0.343. The van der Waals surface area contributed by atoms with Crippen molar-refractivity contribution in [3.8, 4) is 0 Å². The lowest BCUT2D eigenvalue weighted by Gasteiger charge is -2.33. The molecule has 2 fully saturated rings. The van der Waals surface area contributed by atoms with Gasteiger partial charge in [0.1, 0.15) is 11.4 Å². The highest BCUT2D eigenvalue weighted by atomic mass is 19.4. The highest BCUT2D eigenvalue weighted by molar-refractivity contribution is 5.68.